The molecule has 0 N–H and O–H groups in total. The zero-order chi connectivity index (χ0) is 16.4. The average molecular weight is 316 g/mol. The fraction of sp³-hybridized carbons (Fsp3) is 0.688. The highest BCUT2D eigenvalue weighted by atomic mass is 16.2. The normalized spacial score (nSPS) is 22.5. The Hall–Kier alpha value is -1.91. The SMILES string of the molecule is CN1CCN(CC#N)C(=O)C12CCN(Cc1cnn(C)c1)CC2. The van der Waals surface area contributed by atoms with E-state index >= 15 is 0 Å². The third-order valence-electron chi connectivity index (χ3n) is 5.23. The van der Waals surface area contributed by atoms with Crippen LogP contribution in [0.25, 0.3) is 0 Å². The molecule has 0 aliphatic carbocycles. The van der Waals surface area contributed by atoms with Crippen LogP contribution in [0.5, 0.6) is 0 Å². The van der Waals surface area contributed by atoms with Gasteiger partial charge in [0, 0.05) is 51.5 Å². The summed E-state index contributed by atoms with van der Waals surface area (Å²) in [5.74, 6) is 0.133. The molecule has 2 fully saturated rings. The maximum Gasteiger partial charge on any atom is 0.244 e. The number of rotatable bonds is 3. The number of likely N-dealkylation sites (N-methyl/N-ethyl adjacent to an activating group) is 1. The standard InChI is InChI=1S/C16H24N6O/c1-19-9-10-22(8-5-17)15(23)16(19)3-6-21(7-4-16)13-14-11-18-20(2)12-14/h11-12H,3-4,6-10,13H2,1-2H3. The van der Waals surface area contributed by atoms with Crippen molar-refractivity contribution in [3.05, 3.63) is 18.0 Å². The zero-order valence-electron chi connectivity index (χ0n) is 13.9. The van der Waals surface area contributed by atoms with Crippen LogP contribution in [-0.4, -0.2) is 75.7 Å². The molecule has 7 heteroatoms. The summed E-state index contributed by atoms with van der Waals surface area (Å²) in [6.45, 7) is 4.37. The van der Waals surface area contributed by atoms with Crippen molar-refractivity contribution in [2.45, 2.75) is 24.9 Å². The molecule has 23 heavy (non-hydrogen) atoms. The van der Waals surface area contributed by atoms with Crippen LogP contribution in [0.15, 0.2) is 12.4 Å². The second kappa shape index (κ2) is 6.30. The Morgan fingerprint density at radius 1 is 1.26 bits per heavy atom. The van der Waals surface area contributed by atoms with Crippen molar-refractivity contribution in [2.75, 3.05) is 39.8 Å². The Morgan fingerprint density at radius 2 is 2.00 bits per heavy atom. The van der Waals surface area contributed by atoms with Gasteiger partial charge in [-0.3, -0.25) is 19.3 Å². The van der Waals surface area contributed by atoms with E-state index in [2.05, 4.69) is 21.0 Å². The summed E-state index contributed by atoms with van der Waals surface area (Å²) in [5, 5.41) is 13.1. The number of likely N-dealkylation sites (tertiary alicyclic amines) is 1. The predicted octanol–water partition coefficient (Wildman–Crippen LogP) is 0.0523. The molecule has 2 aliphatic rings. The Kier molecular flexibility index (Phi) is 4.37. The van der Waals surface area contributed by atoms with Gasteiger partial charge in [-0.2, -0.15) is 10.4 Å². The van der Waals surface area contributed by atoms with Crippen LogP contribution in [0, 0.1) is 11.3 Å². The summed E-state index contributed by atoms with van der Waals surface area (Å²) >= 11 is 0. The molecule has 3 rings (SSSR count). The number of piperazine rings is 1. The molecule has 1 spiro atoms. The van der Waals surface area contributed by atoms with Gasteiger partial charge in [-0.25, -0.2) is 0 Å². The van der Waals surface area contributed by atoms with Gasteiger partial charge >= 0.3 is 0 Å². The number of nitrogens with zero attached hydrogens (tertiary/aromatic N) is 6. The second-order valence-electron chi connectivity index (χ2n) is 6.64. The first-order valence-corrected chi connectivity index (χ1v) is 8.12. The molecule has 1 aromatic rings. The van der Waals surface area contributed by atoms with Crippen LogP contribution in [-0.2, 0) is 18.4 Å². The Morgan fingerprint density at radius 3 is 2.61 bits per heavy atom. The molecule has 0 unspecified atom stereocenters. The largest absolute Gasteiger partial charge is 0.326 e. The van der Waals surface area contributed by atoms with E-state index in [1.165, 1.54) is 5.56 Å². The van der Waals surface area contributed by atoms with Crippen molar-refractivity contribution in [3.63, 3.8) is 0 Å². The van der Waals surface area contributed by atoms with Gasteiger partial charge in [0.1, 0.15) is 12.1 Å². The van der Waals surface area contributed by atoms with Gasteiger partial charge in [0.15, 0.2) is 0 Å². The summed E-state index contributed by atoms with van der Waals surface area (Å²) in [6.07, 6.45) is 5.59. The number of piperidine rings is 1. The number of hydrogen-bond acceptors (Lipinski definition) is 5. The van der Waals surface area contributed by atoms with Crippen molar-refractivity contribution in [2.24, 2.45) is 7.05 Å². The number of nitriles is 1. The molecule has 2 saturated heterocycles. The molecule has 124 valence electrons. The van der Waals surface area contributed by atoms with Crippen molar-refractivity contribution in [1.29, 1.82) is 5.26 Å². The topological polar surface area (TPSA) is 68.4 Å². The summed E-state index contributed by atoms with van der Waals surface area (Å²) in [7, 11) is 3.96. The van der Waals surface area contributed by atoms with Gasteiger partial charge in [0.25, 0.3) is 0 Å². The van der Waals surface area contributed by atoms with Gasteiger partial charge in [-0.15, -0.1) is 0 Å². The molecule has 0 saturated carbocycles. The number of carbonyl (C=O) groups is 1. The molecule has 0 radical (unpaired) electrons. The fourth-order valence-electron chi connectivity index (χ4n) is 3.77. The van der Waals surface area contributed by atoms with E-state index in [0.717, 1.165) is 39.0 Å². The third kappa shape index (κ3) is 2.96. The molecule has 1 amide bonds. The van der Waals surface area contributed by atoms with Crippen LogP contribution in [0.4, 0.5) is 0 Å². The number of aryl methyl sites for hydroxylation is 1. The van der Waals surface area contributed by atoms with Crippen LogP contribution in [0.3, 0.4) is 0 Å². The fourth-order valence-corrected chi connectivity index (χ4v) is 3.77. The van der Waals surface area contributed by atoms with E-state index in [9.17, 15) is 4.79 Å². The molecule has 0 aromatic carbocycles. The summed E-state index contributed by atoms with van der Waals surface area (Å²) in [6, 6.07) is 2.12. The van der Waals surface area contributed by atoms with Crippen molar-refractivity contribution < 1.29 is 4.79 Å². The minimum atomic E-state index is -0.416. The number of amides is 1. The van der Waals surface area contributed by atoms with Gasteiger partial charge in [-0.1, -0.05) is 0 Å². The summed E-state index contributed by atoms with van der Waals surface area (Å²) < 4.78 is 1.82. The van der Waals surface area contributed by atoms with Crippen LogP contribution >= 0.6 is 0 Å². The maximum absolute atomic E-state index is 12.9. The average Bonchev–Trinajstić information content (AvgIpc) is 2.95. The van der Waals surface area contributed by atoms with E-state index in [-0.39, 0.29) is 12.5 Å². The lowest BCUT2D eigenvalue weighted by molar-refractivity contribution is -0.153. The molecular formula is C16H24N6O. The first kappa shape index (κ1) is 16.0. The molecule has 0 atom stereocenters. The first-order valence-electron chi connectivity index (χ1n) is 8.12. The second-order valence-corrected chi connectivity index (χ2v) is 6.64. The van der Waals surface area contributed by atoms with Gasteiger partial charge in [-0.05, 0) is 19.9 Å². The molecule has 2 aliphatic heterocycles. The van der Waals surface area contributed by atoms with E-state index < -0.39 is 5.54 Å². The number of hydrogen-bond donors (Lipinski definition) is 0. The highest BCUT2D eigenvalue weighted by Crippen LogP contribution is 2.33. The smallest absolute Gasteiger partial charge is 0.244 e. The predicted molar refractivity (Wildman–Crippen MR) is 85.3 cm³/mol. The summed E-state index contributed by atoms with van der Waals surface area (Å²) in [4.78, 5) is 19.2. The van der Waals surface area contributed by atoms with E-state index in [1.807, 2.05) is 31.2 Å². The van der Waals surface area contributed by atoms with Crippen molar-refractivity contribution >= 4 is 5.91 Å². The highest BCUT2D eigenvalue weighted by Gasteiger charge is 2.49. The van der Waals surface area contributed by atoms with Crippen molar-refractivity contribution in [3.8, 4) is 6.07 Å². The monoisotopic (exact) mass is 316 g/mol. The Bertz CT molecular complexity index is 610. The lowest BCUT2D eigenvalue weighted by atomic mass is 9.82. The highest BCUT2D eigenvalue weighted by molar-refractivity contribution is 5.87. The van der Waals surface area contributed by atoms with E-state index in [4.69, 9.17) is 5.26 Å². The minimum absolute atomic E-state index is 0.133. The minimum Gasteiger partial charge on any atom is -0.326 e. The summed E-state index contributed by atoms with van der Waals surface area (Å²) in [5.41, 5.74) is 0.790. The third-order valence-corrected chi connectivity index (χ3v) is 5.23. The van der Waals surface area contributed by atoms with Gasteiger partial charge < -0.3 is 4.90 Å². The lowest BCUT2D eigenvalue weighted by Gasteiger charge is -2.51. The Balaban J connectivity index is 1.66. The van der Waals surface area contributed by atoms with Gasteiger partial charge in [0.2, 0.25) is 5.91 Å². The molecule has 0 bridgehead atoms. The van der Waals surface area contributed by atoms with E-state index in [1.54, 1.807) is 4.90 Å². The molecule has 7 nitrogen and oxygen atoms in total. The molecular weight excluding hydrogens is 292 g/mol. The van der Waals surface area contributed by atoms with Crippen LogP contribution < -0.4 is 0 Å². The van der Waals surface area contributed by atoms with Crippen molar-refractivity contribution in [1.82, 2.24) is 24.5 Å². The quantitative estimate of drug-likeness (QED) is 0.737. The van der Waals surface area contributed by atoms with Gasteiger partial charge in [0.05, 0.1) is 12.3 Å². The first-order chi connectivity index (χ1) is 11.0. The number of carbonyl (C=O) groups excluding carboxylic acids is 1. The maximum atomic E-state index is 12.9. The van der Waals surface area contributed by atoms with E-state index in [0.29, 0.717) is 6.54 Å². The van der Waals surface area contributed by atoms with Crippen LogP contribution in [0.1, 0.15) is 18.4 Å². The Labute approximate surface area is 137 Å². The molecule has 3 heterocycles. The molecule has 1 aromatic heterocycles. The number of aromatic nitrogens is 2. The van der Waals surface area contributed by atoms with Crippen LogP contribution in [0.2, 0.25) is 0 Å². The lowest BCUT2D eigenvalue weighted by Crippen LogP contribution is -2.67. The zero-order valence-corrected chi connectivity index (χ0v) is 13.9.